The molecule has 1 amide bonds. The van der Waals surface area contributed by atoms with Crippen molar-refractivity contribution in [3.8, 4) is 5.69 Å². The second-order valence-electron chi connectivity index (χ2n) is 8.54. The lowest BCUT2D eigenvalue weighted by Gasteiger charge is -2.11. The van der Waals surface area contributed by atoms with E-state index in [1.807, 2.05) is 76.2 Å². The molecule has 1 saturated heterocycles. The minimum atomic E-state index is -0.342. The Bertz CT molecular complexity index is 1360. The fourth-order valence-corrected chi connectivity index (χ4v) is 5.15. The van der Waals surface area contributed by atoms with E-state index in [2.05, 4.69) is 4.57 Å². The zero-order valence-corrected chi connectivity index (χ0v) is 21.7. The minimum Gasteiger partial charge on any atom is -0.462 e. The van der Waals surface area contributed by atoms with Crippen LogP contribution in [-0.2, 0) is 9.53 Å². The molecule has 0 radical (unpaired) electrons. The van der Waals surface area contributed by atoms with Crippen LogP contribution in [0.2, 0.25) is 0 Å². The minimum absolute atomic E-state index is 0.0749. The van der Waals surface area contributed by atoms with Gasteiger partial charge < -0.3 is 9.30 Å². The highest BCUT2D eigenvalue weighted by Gasteiger charge is 2.31. The van der Waals surface area contributed by atoms with Gasteiger partial charge in [0.1, 0.15) is 0 Å². The van der Waals surface area contributed by atoms with Crippen LogP contribution in [0, 0.1) is 27.7 Å². The van der Waals surface area contributed by atoms with E-state index in [0.29, 0.717) is 22.2 Å². The van der Waals surface area contributed by atoms with Crippen molar-refractivity contribution in [1.82, 2.24) is 9.47 Å². The number of aliphatic imine (C=N–C) groups is 1. The number of carbonyl (C=O) groups is 2. The van der Waals surface area contributed by atoms with Crippen LogP contribution in [0.5, 0.6) is 0 Å². The van der Waals surface area contributed by atoms with Crippen molar-refractivity contribution >= 4 is 40.6 Å². The van der Waals surface area contributed by atoms with Crippen molar-refractivity contribution in [2.45, 2.75) is 34.6 Å². The number of hydrogen-bond acceptors (Lipinski definition) is 5. The van der Waals surface area contributed by atoms with E-state index in [9.17, 15) is 9.59 Å². The summed E-state index contributed by atoms with van der Waals surface area (Å²) in [5, 5.41) is 0.662. The number of nitrogens with zero attached hydrogens (tertiary/aromatic N) is 3. The molecule has 2 heterocycles. The standard InChI is InChI=1S/C28H29N3O3S/c1-7-34-27(33)21-12-9-13-23(15-21)31-19(4)14-22(20(31)5)16-24-26(32)30(6)28(35-24)29-25-17(2)10-8-11-18(25)3/h8-16H,7H2,1-6H3/b24-16-,29-28?. The maximum atomic E-state index is 13.0. The van der Waals surface area contributed by atoms with Gasteiger partial charge >= 0.3 is 5.97 Å². The summed E-state index contributed by atoms with van der Waals surface area (Å²) in [5.41, 5.74) is 7.35. The predicted octanol–water partition coefficient (Wildman–Crippen LogP) is 6.12. The molecule has 1 fully saturated rings. The van der Waals surface area contributed by atoms with E-state index in [0.717, 1.165) is 39.5 Å². The Morgan fingerprint density at radius 1 is 1.06 bits per heavy atom. The van der Waals surface area contributed by atoms with Gasteiger partial charge in [-0.3, -0.25) is 9.69 Å². The molecular formula is C28H29N3O3S. The van der Waals surface area contributed by atoms with Crippen LogP contribution in [0.15, 0.2) is 58.4 Å². The predicted molar refractivity (Wildman–Crippen MR) is 143 cm³/mol. The van der Waals surface area contributed by atoms with Crippen LogP contribution in [0.3, 0.4) is 0 Å². The van der Waals surface area contributed by atoms with Crippen LogP contribution in [-0.4, -0.2) is 40.2 Å². The topological polar surface area (TPSA) is 63.9 Å². The zero-order valence-electron chi connectivity index (χ0n) is 20.9. The molecule has 1 aliphatic rings. The molecular weight excluding hydrogens is 458 g/mol. The maximum Gasteiger partial charge on any atom is 0.338 e. The molecule has 180 valence electrons. The first-order valence-electron chi connectivity index (χ1n) is 11.5. The van der Waals surface area contributed by atoms with Gasteiger partial charge in [0.05, 0.1) is 22.8 Å². The summed E-state index contributed by atoms with van der Waals surface area (Å²) in [5.74, 6) is -0.417. The monoisotopic (exact) mass is 487 g/mol. The number of esters is 1. The Morgan fingerprint density at radius 2 is 1.74 bits per heavy atom. The highest BCUT2D eigenvalue weighted by Crippen LogP contribution is 2.35. The van der Waals surface area contributed by atoms with E-state index in [-0.39, 0.29) is 11.9 Å². The molecule has 1 aliphatic heterocycles. The van der Waals surface area contributed by atoms with Gasteiger partial charge in [0, 0.05) is 24.1 Å². The molecule has 4 rings (SSSR count). The van der Waals surface area contributed by atoms with Crippen molar-refractivity contribution in [1.29, 1.82) is 0 Å². The van der Waals surface area contributed by atoms with Gasteiger partial charge in [0.25, 0.3) is 5.91 Å². The molecule has 1 aromatic heterocycles. The summed E-state index contributed by atoms with van der Waals surface area (Å²) in [4.78, 5) is 32.3. The molecule has 0 unspecified atom stereocenters. The fourth-order valence-electron chi connectivity index (χ4n) is 4.19. The number of amides is 1. The van der Waals surface area contributed by atoms with Crippen molar-refractivity contribution in [3.63, 3.8) is 0 Å². The highest BCUT2D eigenvalue weighted by atomic mass is 32.2. The largest absolute Gasteiger partial charge is 0.462 e. The fraction of sp³-hybridized carbons (Fsp3) is 0.250. The van der Waals surface area contributed by atoms with Gasteiger partial charge in [-0.2, -0.15) is 0 Å². The lowest BCUT2D eigenvalue weighted by molar-refractivity contribution is -0.121. The summed E-state index contributed by atoms with van der Waals surface area (Å²) < 4.78 is 7.23. The SMILES string of the molecule is CCOC(=O)c1cccc(-n2c(C)cc(/C=C3\SC(=Nc4c(C)cccc4C)N(C)C3=O)c2C)c1. The summed E-state index contributed by atoms with van der Waals surface area (Å²) in [6.07, 6.45) is 1.92. The second-order valence-corrected chi connectivity index (χ2v) is 9.55. The first kappa shape index (κ1) is 24.5. The Morgan fingerprint density at radius 3 is 2.43 bits per heavy atom. The molecule has 0 spiro atoms. The van der Waals surface area contributed by atoms with Gasteiger partial charge in [-0.15, -0.1) is 0 Å². The number of para-hydroxylation sites is 1. The van der Waals surface area contributed by atoms with E-state index in [1.54, 1.807) is 24.9 Å². The smallest absolute Gasteiger partial charge is 0.338 e. The molecule has 3 aromatic rings. The van der Waals surface area contributed by atoms with E-state index >= 15 is 0 Å². The number of likely N-dealkylation sites (N-methyl/N-ethyl adjacent to an activating group) is 1. The highest BCUT2D eigenvalue weighted by molar-refractivity contribution is 8.18. The van der Waals surface area contributed by atoms with Gasteiger partial charge in [-0.05, 0) is 93.4 Å². The van der Waals surface area contributed by atoms with Gasteiger partial charge in [-0.1, -0.05) is 24.3 Å². The summed E-state index contributed by atoms with van der Waals surface area (Å²) in [6, 6.07) is 15.5. The second kappa shape index (κ2) is 9.96. The van der Waals surface area contributed by atoms with Crippen LogP contribution < -0.4 is 0 Å². The molecule has 0 aliphatic carbocycles. The molecule has 0 N–H and O–H groups in total. The summed E-state index contributed by atoms with van der Waals surface area (Å²) in [7, 11) is 1.76. The lowest BCUT2D eigenvalue weighted by atomic mass is 10.1. The molecule has 0 bridgehead atoms. The quantitative estimate of drug-likeness (QED) is 0.321. The molecule has 2 aromatic carbocycles. The van der Waals surface area contributed by atoms with Gasteiger partial charge in [0.2, 0.25) is 0 Å². The van der Waals surface area contributed by atoms with E-state index < -0.39 is 0 Å². The number of ether oxygens (including phenoxy) is 1. The third kappa shape index (κ3) is 4.82. The van der Waals surface area contributed by atoms with Gasteiger partial charge in [0.15, 0.2) is 5.17 Å². The van der Waals surface area contributed by atoms with Crippen molar-refractivity contribution in [2.75, 3.05) is 13.7 Å². The number of thioether (sulfide) groups is 1. The Hall–Kier alpha value is -3.58. The first-order valence-corrected chi connectivity index (χ1v) is 12.3. The van der Waals surface area contributed by atoms with Crippen LogP contribution in [0.25, 0.3) is 11.8 Å². The number of aryl methyl sites for hydroxylation is 3. The normalized spacial score (nSPS) is 15.9. The Balaban J connectivity index is 1.68. The van der Waals surface area contributed by atoms with Crippen LogP contribution >= 0.6 is 11.8 Å². The van der Waals surface area contributed by atoms with Crippen LogP contribution in [0.1, 0.15) is 45.4 Å². The van der Waals surface area contributed by atoms with Gasteiger partial charge in [-0.25, -0.2) is 9.79 Å². The summed E-state index contributed by atoms with van der Waals surface area (Å²) in [6.45, 7) is 10.2. The molecule has 35 heavy (non-hydrogen) atoms. The lowest BCUT2D eigenvalue weighted by Crippen LogP contribution is -2.23. The first-order chi connectivity index (χ1) is 16.7. The number of benzene rings is 2. The number of hydrogen-bond donors (Lipinski definition) is 0. The van der Waals surface area contributed by atoms with E-state index in [4.69, 9.17) is 9.73 Å². The van der Waals surface area contributed by atoms with E-state index in [1.165, 1.54) is 11.8 Å². The van der Waals surface area contributed by atoms with Crippen molar-refractivity contribution in [2.24, 2.45) is 4.99 Å². The number of carbonyl (C=O) groups excluding carboxylic acids is 2. The third-order valence-electron chi connectivity index (χ3n) is 6.02. The molecule has 6 nitrogen and oxygen atoms in total. The number of amidine groups is 1. The molecule has 7 heteroatoms. The number of aromatic nitrogens is 1. The Kier molecular flexibility index (Phi) is 6.98. The third-order valence-corrected chi connectivity index (χ3v) is 7.08. The molecule has 0 atom stereocenters. The van der Waals surface area contributed by atoms with Crippen molar-refractivity contribution < 1.29 is 14.3 Å². The average molecular weight is 488 g/mol. The summed E-state index contributed by atoms with van der Waals surface area (Å²) >= 11 is 1.38. The maximum absolute atomic E-state index is 13.0. The molecule has 0 saturated carbocycles. The number of rotatable bonds is 5. The average Bonchev–Trinajstić information content (AvgIpc) is 3.26. The Labute approximate surface area is 210 Å². The van der Waals surface area contributed by atoms with Crippen LogP contribution in [0.4, 0.5) is 5.69 Å². The zero-order chi connectivity index (χ0) is 25.3. The van der Waals surface area contributed by atoms with Crippen molar-refractivity contribution in [3.05, 3.63) is 87.1 Å².